The maximum atomic E-state index is 14.2. The van der Waals surface area contributed by atoms with E-state index in [0.29, 0.717) is 10.7 Å². The van der Waals surface area contributed by atoms with Crippen molar-refractivity contribution in [2.75, 3.05) is 43.5 Å². The van der Waals surface area contributed by atoms with Gasteiger partial charge in [-0.2, -0.15) is 4.31 Å². The van der Waals surface area contributed by atoms with Gasteiger partial charge in [0.25, 0.3) is 0 Å². The second-order valence-corrected chi connectivity index (χ2v) is 8.86. The first-order valence-electron chi connectivity index (χ1n) is 8.64. The Morgan fingerprint density at radius 2 is 1.90 bits per heavy atom. The zero-order chi connectivity index (χ0) is 21.0. The van der Waals surface area contributed by atoms with Gasteiger partial charge < -0.3 is 15.4 Å². The Hall–Kier alpha value is -1.91. The number of hydrogen-bond acceptors (Lipinski definition) is 5. The predicted octanol–water partition coefficient (Wildman–Crippen LogP) is 3.20. The van der Waals surface area contributed by atoms with Crippen molar-refractivity contribution < 1.29 is 22.3 Å². The lowest BCUT2D eigenvalue weighted by Gasteiger charge is -2.26. The number of anilines is 2. The Balaban J connectivity index is 1.69. The quantitative estimate of drug-likeness (QED) is 0.689. The van der Waals surface area contributed by atoms with Crippen LogP contribution in [0.5, 0.6) is 0 Å². The number of morpholine rings is 1. The fraction of sp³-hybridized carbons (Fsp3) is 0.278. The summed E-state index contributed by atoms with van der Waals surface area (Å²) in [5.41, 5.74) is 0.631. The smallest absolute Gasteiger partial charge is 0.246 e. The summed E-state index contributed by atoms with van der Waals surface area (Å²) in [7, 11) is -4.01. The summed E-state index contributed by atoms with van der Waals surface area (Å²) in [5.74, 6) is -1.30. The summed E-state index contributed by atoms with van der Waals surface area (Å²) in [6.07, 6.45) is 0. The molecule has 29 heavy (non-hydrogen) atoms. The van der Waals surface area contributed by atoms with Gasteiger partial charge in [0.2, 0.25) is 15.9 Å². The molecular weight excluding hydrogens is 444 g/mol. The highest BCUT2D eigenvalue weighted by Crippen LogP contribution is 2.29. The molecule has 1 amide bonds. The van der Waals surface area contributed by atoms with Crippen molar-refractivity contribution in [2.45, 2.75) is 4.90 Å². The number of nitrogens with zero attached hydrogens (tertiary/aromatic N) is 1. The number of rotatable bonds is 6. The lowest BCUT2D eigenvalue weighted by molar-refractivity contribution is -0.114. The van der Waals surface area contributed by atoms with E-state index in [9.17, 15) is 17.6 Å². The third-order valence-electron chi connectivity index (χ3n) is 4.20. The molecule has 2 aromatic rings. The van der Waals surface area contributed by atoms with Gasteiger partial charge in [-0.15, -0.1) is 0 Å². The summed E-state index contributed by atoms with van der Waals surface area (Å²) < 4.78 is 45.9. The SMILES string of the molecule is O=C(CNc1ccc(F)c(S(=O)(=O)N2CCOCC2)c1)Nc1cccc(Cl)c1Cl. The Bertz CT molecular complexity index is 1010. The topological polar surface area (TPSA) is 87.7 Å². The second-order valence-electron chi connectivity index (χ2n) is 6.16. The van der Waals surface area contributed by atoms with E-state index in [-0.39, 0.29) is 43.6 Å². The van der Waals surface area contributed by atoms with Crippen molar-refractivity contribution in [3.63, 3.8) is 0 Å². The summed E-state index contributed by atoms with van der Waals surface area (Å²) in [6.45, 7) is 0.631. The van der Waals surface area contributed by atoms with E-state index in [2.05, 4.69) is 10.6 Å². The molecule has 0 atom stereocenters. The third kappa shape index (κ3) is 5.18. The Morgan fingerprint density at radius 3 is 2.62 bits per heavy atom. The van der Waals surface area contributed by atoms with Crippen molar-refractivity contribution in [3.05, 3.63) is 52.3 Å². The number of nitrogens with one attached hydrogen (secondary N) is 2. The molecule has 0 radical (unpaired) electrons. The maximum Gasteiger partial charge on any atom is 0.246 e. The van der Waals surface area contributed by atoms with Crippen molar-refractivity contribution in [3.8, 4) is 0 Å². The predicted molar refractivity (Wildman–Crippen MR) is 110 cm³/mol. The fourth-order valence-electron chi connectivity index (χ4n) is 2.71. The van der Waals surface area contributed by atoms with Crippen LogP contribution in [0.2, 0.25) is 10.0 Å². The molecule has 1 aliphatic rings. The summed E-state index contributed by atoms with van der Waals surface area (Å²) >= 11 is 11.9. The van der Waals surface area contributed by atoms with E-state index >= 15 is 0 Å². The molecule has 2 aromatic carbocycles. The van der Waals surface area contributed by atoms with E-state index in [4.69, 9.17) is 27.9 Å². The van der Waals surface area contributed by atoms with Gasteiger partial charge in [0.1, 0.15) is 10.7 Å². The van der Waals surface area contributed by atoms with Gasteiger partial charge in [-0.05, 0) is 30.3 Å². The van der Waals surface area contributed by atoms with Crippen LogP contribution >= 0.6 is 23.2 Å². The monoisotopic (exact) mass is 461 g/mol. The number of halogens is 3. The van der Waals surface area contributed by atoms with E-state index in [1.54, 1.807) is 18.2 Å². The first kappa shape index (κ1) is 21.8. The highest BCUT2D eigenvalue weighted by molar-refractivity contribution is 7.89. The lowest BCUT2D eigenvalue weighted by Crippen LogP contribution is -2.40. The fourth-order valence-corrected chi connectivity index (χ4v) is 4.56. The number of carbonyl (C=O) groups is 1. The van der Waals surface area contributed by atoms with Gasteiger partial charge >= 0.3 is 0 Å². The molecular formula is C18H18Cl2FN3O4S. The van der Waals surface area contributed by atoms with Crippen LogP contribution in [0.3, 0.4) is 0 Å². The van der Waals surface area contributed by atoms with Crippen LogP contribution in [0.25, 0.3) is 0 Å². The van der Waals surface area contributed by atoms with Crippen LogP contribution in [0.4, 0.5) is 15.8 Å². The van der Waals surface area contributed by atoms with E-state index < -0.39 is 26.6 Å². The van der Waals surface area contributed by atoms with Gasteiger partial charge in [-0.1, -0.05) is 29.3 Å². The zero-order valence-corrected chi connectivity index (χ0v) is 17.5. The normalized spacial score (nSPS) is 15.1. The van der Waals surface area contributed by atoms with Gasteiger partial charge in [-0.25, -0.2) is 12.8 Å². The number of ether oxygens (including phenoxy) is 1. The molecule has 7 nitrogen and oxygen atoms in total. The second kappa shape index (κ2) is 9.27. The molecule has 11 heteroatoms. The Kier molecular flexibility index (Phi) is 6.97. The molecule has 0 unspecified atom stereocenters. The maximum absolute atomic E-state index is 14.2. The minimum absolute atomic E-state index is 0.155. The Morgan fingerprint density at radius 1 is 1.17 bits per heavy atom. The number of hydrogen-bond donors (Lipinski definition) is 2. The lowest BCUT2D eigenvalue weighted by atomic mass is 10.3. The minimum Gasteiger partial charge on any atom is -0.379 e. The van der Waals surface area contributed by atoms with Crippen LogP contribution in [-0.2, 0) is 19.6 Å². The van der Waals surface area contributed by atoms with Crippen LogP contribution in [0.1, 0.15) is 0 Å². The van der Waals surface area contributed by atoms with Crippen molar-refractivity contribution in [2.24, 2.45) is 0 Å². The molecule has 0 saturated carbocycles. The van der Waals surface area contributed by atoms with Crippen molar-refractivity contribution in [1.29, 1.82) is 0 Å². The summed E-state index contributed by atoms with van der Waals surface area (Å²) in [6, 6.07) is 8.39. The number of amides is 1. The first-order valence-corrected chi connectivity index (χ1v) is 10.8. The molecule has 0 aliphatic carbocycles. The minimum atomic E-state index is -4.01. The summed E-state index contributed by atoms with van der Waals surface area (Å²) in [5, 5.41) is 5.89. The molecule has 0 aromatic heterocycles. The average Bonchev–Trinajstić information content (AvgIpc) is 2.71. The van der Waals surface area contributed by atoms with E-state index in [1.165, 1.54) is 16.4 Å². The van der Waals surface area contributed by atoms with Crippen molar-refractivity contribution >= 4 is 50.5 Å². The first-order chi connectivity index (χ1) is 13.8. The third-order valence-corrected chi connectivity index (χ3v) is 6.93. The molecule has 1 saturated heterocycles. The zero-order valence-electron chi connectivity index (χ0n) is 15.1. The largest absolute Gasteiger partial charge is 0.379 e. The van der Waals surface area contributed by atoms with Crippen LogP contribution in [-0.4, -0.2) is 51.5 Å². The highest BCUT2D eigenvalue weighted by atomic mass is 35.5. The summed E-state index contributed by atoms with van der Waals surface area (Å²) in [4.78, 5) is 11.7. The molecule has 3 rings (SSSR count). The van der Waals surface area contributed by atoms with Crippen molar-refractivity contribution in [1.82, 2.24) is 4.31 Å². The molecule has 0 spiro atoms. The molecule has 156 valence electrons. The van der Waals surface area contributed by atoms with E-state index in [1.807, 2.05) is 0 Å². The van der Waals surface area contributed by atoms with Gasteiger partial charge in [0.15, 0.2) is 0 Å². The molecule has 1 fully saturated rings. The van der Waals surface area contributed by atoms with Crippen LogP contribution in [0.15, 0.2) is 41.3 Å². The van der Waals surface area contributed by atoms with Gasteiger partial charge in [0, 0.05) is 18.8 Å². The van der Waals surface area contributed by atoms with Crippen LogP contribution in [0, 0.1) is 5.82 Å². The number of benzene rings is 2. The van der Waals surface area contributed by atoms with E-state index in [0.717, 1.165) is 6.07 Å². The average molecular weight is 462 g/mol. The van der Waals surface area contributed by atoms with Crippen LogP contribution < -0.4 is 10.6 Å². The molecule has 0 bridgehead atoms. The Labute approximate surface area is 177 Å². The molecule has 1 aliphatic heterocycles. The van der Waals surface area contributed by atoms with Gasteiger partial charge in [-0.3, -0.25) is 4.79 Å². The van der Waals surface area contributed by atoms with Gasteiger partial charge in [0.05, 0.1) is 35.5 Å². The molecule has 1 heterocycles. The standard InChI is InChI=1S/C18H18Cl2FN3O4S/c19-13-2-1-3-15(18(13)20)23-17(25)11-22-12-4-5-14(21)16(10-12)29(26,27)24-6-8-28-9-7-24/h1-5,10,22H,6-9,11H2,(H,23,25). The highest BCUT2D eigenvalue weighted by Gasteiger charge is 2.29. The number of sulfonamides is 1. The molecule has 2 N–H and O–H groups in total. The number of carbonyl (C=O) groups excluding carboxylic acids is 1.